The first-order valence-corrected chi connectivity index (χ1v) is 5.72. The number of nitrogen functional groups attached to an aromatic ring is 1. The van der Waals surface area contributed by atoms with E-state index in [0.29, 0.717) is 22.6 Å². The first-order valence-electron chi connectivity index (χ1n) is 5.34. The summed E-state index contributed by atoms with van der Waals surface area (Å²) in [5, 5.41) is 10.3. The number of nitrogens with one attached hydrogen (secondary N) is 2. The highest BCUT2D eigenvalue weighted by Crippen LogP contribution is 2.36. The van der Waals surface area contributed by atoms with Gasteiger partial charge >= 0.3 is 0 Å². The summed E-state index contributed by atoms with van der Waals surface area (Å²) in [5.74, 6) is 1.41. The number of hydrogen-bond donors (Lipinski definition) is 4. The van der Waals surface area contributed by atoms with E-state index >= 15 is 0 Å². The summed E-state index contributed by atoms with van der Waals surface area (Å²) in [5.41, 5.74) is 13.4. The van der Waals surface area contributed by atoms with Crippen molar-refractivity contribution < 1.29 is 0 Å². The summed E-state index contributed by atoms with van der Waals surface area (Å²) in [6.07, 6.45) is 0. The molecule has 18 heavy (non-hydrogen) atoms. The van der Waals surface area contributed by atoms with E-state index in [-0.39, 0.29) is 6.04 Å². The number of H-pyrrole nitrogens is 1. The molecular weight excluding hydrogens is 252 g/mol. The van der Waals surface area contributed by atoms with Crippen LogP contribution < -0.4 is 16.8 Å². The van der Waals surface area contributed by atoms with Crippen LogP contribution in [0.3, 0.4) is 0 Å². The second kappa shape index (κ2) is 3.92. The van der Waals surface area contributed by atoms with Crippen molar-refractivity contribution in [2.24, 2.45) is 10.7 Å². The molecule has 0 spiro atoms. The number of nitrogens with two attached hydrogens (primary N) is 2. The van der Waals surface area contributed by atoms with Crippen molar-refractivity contribution in [1.29, 1.82) is 0 Å². The SMILES string of the molecule is NC1=NC(c2ccc(Cl)cc2)c2c(n[nH]c2N)N1. The monoisotopic (exact) mass is 262 g/mol. The summed E-state index contributed by atoms with van der Waals surface area (Å²) in [6.45, 7) is 0. The normalized spacial score (nSPS) is 17.8. The highest BCUT2D eigenvalue weighted by Gasteiger charge is 2.27. The molecule has 2 aromatic rings. The summed E-state index contributed by atoms with van der Waals surface area (Å²) in [4.78, 5) is 4.36. The molecule has 0 amide bonds. The molecular formula is C11H11ClN6. The van der Waals surface area contributed by atoms with Crippen molar-refractivity contribution in [2.75, 3.05) is 11.1 Å². The molecule has 0 radical (unpaired) electrons. The van der Waals surface area contributed by atoms with E-state index in [2.05, 4.69) is 20.5 Å². The highest BCUT2D eigenvalue weighted by molar-refractivity contribution is 6.30. The van der Waals surface area contributed by atoms with Gasteiger partial charge in [-0.1, -0.05) is 23.7 Å². The molecule has 1 atom stereocenters. The fourth-order valence-corrected chi connectivity index (χ4v) is 2.11. The summed E-state index contributed by atoms with van der Waals surface area (Å²) in [7, 11) is 0. The molecule has 0 saturated heterocycles. The van der Waals surface area contributed by atoms with Crippen molar-refractivity contribution in [3.8, 4) is 0 Å². The second-order valence-electron chi connectivity index (χ2n) is 3.99. The van der Waals surface area contributed by atoms with Gasteiger partial charge in [0.25, 0.3) is 0 Å². The number of aliphatic imine (C=N–C) groups is 1. The largest absolute Gasteiger partial charge is 0.384 e. The molecule has 6 N–H and O–H groups in total. The fraction of sp³-hybridized carbons (Fsp3) is 0.0909. The van der Waals surface area contributed by atoms with E-state index in [0.717, 1.165) is 11.1 Å². The minimum atomic E-state index is -0.266. The lowest BCUT2D eigenvalue weighted by atomic mass is 9.99. The number of hydrogen-bond acceptors (Lipinski definition) is 5. The van der Waals surface area contributed by atoms with Gasteiger partial charge in [-0.15, -0.1) is 0 Å². The molecule has 0 aliphatic carbocycles. The lowest BCUT2D eigenvalue weighted by molar-refractivity contribution is 0.863. The van der Waals surface area contributed by atoms with Crippen LogP contribution in [-0.2, 0) is 0 Å². The molecule has 92 valence electrons. The third-order valence-corrected chi connectivity index (χ3v) is 3.06. The van der Waals surface area contributed by atoms with Gasteiger partial charge in [0.1, 0.15) is 11.9 Å². The minimum absolute atomic E-state index is 0.266. The number of anilines is 2. The molecule has 0 saturated carbocycles. The van der Waals surface area contributed by atoms with Gasteiger partial charge in [0.15, 0.2) is 11.8 Å². The van der Waals surface area contributed by atoms with Crippen molar-refractivity contribution in [3.05, 3.63) is 40.4 Å². The lowest BCUT2D eigenvalue weighted by Gasteiger charge is -2.20. The Labute approximate surface area is 108 Å². The van der Waals surface area contributed by atoms with E-state index in [9.17, 15) is 0 Å². The lowest BCUT2D eigenvalue weighted by Crippen LogP contribution is -2.28. The first kappa shape index (κ1) is 10.9. The first-order chi connectivity index (χ1) is 8.65. The van der Waals surface area contributed by atoms with Gasteiger partial charge in [0.05, 0.1) is 5.56 Å². The number of nitrogens with zero attached hydrogens (tertiary/aromatic N) is 2. The smallest absolute Gasteiger partial charge is 0.195 e. The number of halogens is 1. The van der Waals surface area contributed by atoms with E-state index < -0.39 is 0 Å². The third kappa shape index (κ3) is 1.67. The fourth-order valence-electron chi connectivity index (χ4n) is 1.98. The molecule has 3 rings (SSSR count). The Morgan fingerprint density at radius 2 is 1.89 bits per heavy atom. The van der Waals surface area contributed by atoms with Gasteiger partial charge in [-0.25, -0.2) is 4.99 Å². The van der Waals surface area contributed by atoms with E-state index in [1.54, 1.807) is 12.1 Å². The number of fused-ring (bicyclic) bond motifs is 1. The van der Waals surface area contributed by atoms with E-state index in [1.807, 2.05) is 12.1 Å². The predicted octanol–water partition coefficient (Wildman–Crippen LogP) is 1.47. The van der Waals surface area contributed by atoms with Gasteiger partial charge in [-0.05, 0) is 17.7 Å². The zero-order valence-electron chi connectivity index (χ0n) is 9.31. The van der Waals surface area contributed by atoms with Crippen molar-refractivity contribution >= 4 is 29.2 Å². The van der Waals surface area contributed by atoms with Crippen LogP contribution in [0.5, 0.6) is 0 Å². The van der Waals surface area contributed by atoms with Crippen LogP contribution in [-0.4, -0.2) is 16.2 Å². The molecule has 1 aliphatic heterocycles. The van der Waals surface area contributed by atoms with Gasteiger partial charge in [0, 0.05) is 5.02 Å². The minimum Gasteiger partial charge on any atom is -0.384 e. The van der Waals surface area contributed by atoms with Crippen molar-refractivity contribution in [3.63, 3.8) is 0 Å². The molecule has 7 heteroatoms. The molecule has 1 unspecified atom stereocenters. The Bertz CT molecular complexity index is 615. The van der Waals surface area contributed by atoms with Crippen molar-refractivity contribution in [2.45, 2.75) is 6.04 Å². The van der Waals surface area contributed by atoms with E-state index in [4.69, 9.17) is 23.1 Å². The highest BCUT2D eigenvalue weighted by atomic mass is 35.5. The van der Waals surface area contributed by atoms with Gasteiger partial charge in [-0.3, -0.25) is 5.10 Å². The number of guanidine groups is 1. The molecule has 1 aromatic heterocycles. The van der Waals surface area contributed by atoms with Gasteiger partial charge in [-0.2, -0.15) is 5.10 Å². The molecule has 1 aliphatic rings. The average Bonchev–Trinajstić information content (AvgIpc) is 2.71. The molecule has 6 nitrogen and oxygen atoms in total. The average molecular weight is 263 g/mol. The predicted molar refractivity (Wildman–Crippen MR) is 71.5 cm³/mol. The Balaban J connectivity index is 2.12. The maximum absolute atomic E-state index is 5.87. The van der Waals surface area contributed by atoms with Crippen LogP contribution in [0, 0.1) is 0 Å². The molecule has 0 fully saturated rings. The Kier molecular flexibility index (Phi) is 2.38. The zero-order chi connectivity index (χ0) is 12.7. The summed E-state index contributed by atoms with van der Waals surface area (Å²) < 4.78 is 0. The quantitative estimate of drug-likeness (QED) is 0.625. The van der Waals surface area contributed by atoms with Gasteiger partial charge in [0.2, 0.25) is 0 Å². The number of rotatable bonds is 1. The molecule has 0 bridgehead atoms. The molecule has 2 heterocycles. The molecule has 1 aromatic carbocycles. The number of benzene rings is 1. The second-order valence-corrected chi connectivity index (χ2v) is 4.43. The van der Waals surface area contributed by atoms with Crippen LogP contribution >= 0.6 is 11.6 Å². The zero-order valence-corrected chi connectivity index (χ0v) is 10.1. The third-order valence-electron chi connectivity index (χ3n) is 2.81. The van der Waals surface area contributed by atoms with Crippen molar-refractivity contribution in [1.82, 2.24) is 10.2 Å². The maximum atomic E-state index is 5.87. The van der Waals surface area contributed by atoms with Crippen LogP contribution in [0.15, 0.2) is 29.3 Å². The maximum Gasteiger partial charge on any atom is 0.195 e. The van der Waals surface area contributed by atoms with Crippen LogP contribution in [0.2, 0.25) is 5.02 Å². The number of aromatic amines is 1. The van der Waals surface area contributed by atoms with Gasteiger partial charge < -0.3 is 16.8 Å². The number of aromatic nitrogens is 2. The topological polar surface area (TPSA) is 105 Å². The summed E-state index contributed by atoms with van der Waals surface area (Å²) in [6, 6.07) is 7.13. The Hall–Kier alpha value is -2.21. The summed E-state index contributed by atoms with van der Waals surface area (Å²) >= 11 is 5.87. The Morgan fingerprint density at radius 1 is 1.17 bits per heavy atom. The van der Waals surface area contributed by atoms with Crippen LogP contribution in [0.1, 0.15) is 17.2 Å². The van der Waals surface area contributed by atoms with Crippen LogP contribution in [0.4, 0.5) is 11.6 Å². The standard InChI is InChI=1S/C11H11ClN6/c12-6-3-1-5(2-4-6)8-7-9(13)17-18-10(7)16-11(14)15-8/h1-4,8H,(H6,13,14,15,16,17,18). The Morgan fingerprint density at radius 3 is 2.61 bits per heavy atom. The van der Waals surface area contributed by atoms with E-state index in [1.165, 1.54) is 0 Å². The van der Waals surface area contributed by atoms with Crippen LogP contribution in [0.25, 0.3) is 0 Å².